The standard InChI is InChI=1S/C17H20N6O/c1-4-23(5-2)17-21-15-14(18-10-11-19-15)16(22-17)20-12-6-8-13(24-3)9-7-12/h6-11H,4-5H2,1-3H3,(H,19,20,21,22). The van der Waals surface area contributed by atoms with Gasteiger partial charge in [0.1, 0.15) is 5.75 Å². The molecule has 0 aliphatic carbocycles. The summed E-state index contributed by atoms with van der Waals surface area (Å²) in [6.45, 7) is 5.79. The Morgan fingerprint density at radius 1 is 1.00 bits per heavy atom. The van der Waals surface area contributed by atoms with Crippen LogP contribution in [0.4, 0.5) is 17.5 Å². The zero-order valence-electron chi connectivity index (χ0n) is 14.0. The van der Waals surface area contributed by atoms with Crippen LogP contribution in [0.5, 0.6) is 5.75 Å². The van der Waals surface area contributed by atoms with E-state index >= 15 is 0 Å². The van der Waals surface area contributed by atoms with E-state index in [1.807, 2.05) is 24.3 Å². The number of rotatable bonds is 6. The molecule has 24 heavy (non-hydrogen) atoms. The highest BCUT2D eigenvalue weighted by molar-refractivity contribution is 5.85. The molecule has 7 heteroatoms. The van der Waals surface area contributed by atoms with E-state index in [0.717, 1.165) is 24.5 Å². The first-order valence-corrected chi connectivity index (χ1v) is 7.90. The summed E-state index contributed by atoms with van der Waals surface area (Å²) < 4.78 is 5.19. The second kappa shape index (κ2) is 7.08. The summed E-state index contributed by atoms with van der Waals surface area (Å²) in [5.41, 5.74) is 2.11. The summed E-state index contributed by atoms with van der Waals surface area (Å²) in [5.74, 6) is 2.08. The number of nitrogens with zero attached hydrogens (tertiary/aromatic N) is 5. The predicted octanol–water partition coefficient (Wildman–Crippen LogP) is 3.02. The lowest BCUT2D eigenvalue weighted by Crippen LogP contribution is -2.24. The van der Waals surface area contributed by atoms with Crippen molar-refractivity contribution < 1.29 is 4.74 Å². The Labute approximate surface area is 140 Å². The SMILES string of the molecule is CCN(CC)c1nc(Nc2ccc(OC)cc2)c2nccnc2n1. The van der Waals surface area contributed by atoms with Crippen molar-refractivity contribution in [1.82, 2.24) is 19.9 Å². The van der Waals surface area contributed by atoms with Crippen molar-refractivity contribution >= 4 is 28.6 Å². The number of fused-ring (bicyclic) bond motifs is 1. The van der Waals surface area contributed by atoms with Crippen molar-refractivity contribution in [2.75, 3.05) is 30.4 Å². The minimum Gasteiger partial charge on any atom is -0.497 e. The van der Waals surface area contributed by atoms with E-state index in [9.17, 15) is 0 Å². The van der Waals surface area contributed by atoms with Crippen LogP contribution in [0.15, 0.2) is 36.7 Å². The largest absolute Gasteiger partial charge is 0.497 e. The van der Waals surface area contributed by atoms with Gasteiger partial charge in [-0.3, -0.25) is 0 Å². The molecule has 7 nitrogen and oxygen atoms in total. The van der Waals surface area contributed by atoms with Crippen LogP contribution in [0.25, 0.3) is 11.2 Å². The Bertz CT molecular complexity index is 817. The van der Waals surface area contributed by atoms with Gasteiger partial charge in [0.25, 0.3) is 0 Å². The van der Waals surface area contributed by atoms with Gasteiger partial charge in [0.2, 0.25) is 5.95 Å². The van der Waals surface area contributed by atoms with Crippen LogP contribution < -0.4 is 15.0 Å². The van der Waals surface area contributed by atoms with Crippen LogP contribution in [-0.4, -0.2) is 40.1 Å². The zero-order chi connectivity index (χ0) is 16.9. The number of anilines is 3. The lowest BCUT2D eigenvalue weighted by Gasteiger charge is -2.19. The molecule has 0 fully saturated rings. The van der Waals surface area contributed by atoms with Crippen molar-refractivity contribution in [2.45, 2.75) is 13.8 Å². The van der Waals surface area contributed by atoms with E-state index in [-0.39, 0.29) is 0 Å². The quantitative estimate of drug-likeness (QED) is 0.747. The Morgan fingerprint density at radius 3 is 2.38 bits per heavy atom. The van der Waals surface area contributed by atoms with Crippen LogP contribution in [0, 0.1) is 0 Å². The topological polar surface area (TPSA) is 76.1 Å². The maximum atomic E-state index is 5.19. The number of benzene rings is 1. The molecule has 2 aromatic heterocycles. The lowest BCUT2D eigenvalue weighted by molar-refractivity contribution is 0.415. The molecule has 1 N–H and O–H groups in total. The maximum absolute atomic E-state index is 5.19. The molecule has 0 spiro atoms. The Morgan fingerprint density at radius 2 is 1.71 bits per heavy atom. The number of methoxy groups -OCH3 is 1. The van der Waals surface area contributed by atoms with E-state index in [4.69, 9.17) is 4.74 Å². The molecule has 0 aliphatic heterocycles. The van der Waals surface area contributed by atoms with Crippen LogP contribution >= 0.6 is 0 Å². The Hall–Kier alpha value is -2.96. The molecule has 3 aromatic rings. The first-order valence-electron chi connectivity index (χ1n) is 7.90. The van der Waals surface area contributed by atoms with Gasteiger partial charge >= 0.3 is 0 Å². The third kappa shape index (κ3) is 3.19. The van der Waals surface area contributed by atoms with Gasteiger partial charge < -0.3 is 15.0 Å². The average molecular weight is 324 g/mol. The molecule has 0 atom stereocenters. The number of hydrogen-bond donors (Lipinski definition) is 1. The van der Waals surface area contributed by atoms with Crippen molar-refractivity contribution in [1.29, 1.82) is 0 Å². The van der Waals surface area contributed by atoms with Gasteiger partial charge in [-0.05, 0) is 38.1 Å². The summed E-state index contributed by atoms with van der Waals surface area (Å²) in [7, 11) is 1.65. The molecule has 3 rings (SSSR count). The van der Waals surface area contributed by atoms with Gasteiger partial charge in [0.15, 0.2) is 17.0 Å². The smallest absolute Gasteiger partial charge is 0.229 e. The normalized spacial score (nSPS) is 10.6. The van der Waals surface area contributed by atoms with Gasteiger partial charge in [0.05, 0.1) is 7.11 Å². The van der Waals surface area contributed by atoms with Crippen molar-refractivity contribution in [3.8, 4) is 5.75 Å². The average Bonchev–Trinajstić information content (AvgIpc) is 2.63. The van der Waals surface area contributed by atoms with E-state index in [1.165, 1.54) is 0 Å². The second-order valence-corrected chi connectivity index (χ2v) is 5.13. The highest BCUT2D eigenvalue weighted by atomic mass is 16.5. The molecule has 2 heterocycles. The fraction of sp³-hybridized carbons (Fsp3) is 0.294. The van der Waals surface area contributed by atoms with Crippen LogP contribution in [0.1, 0.15) is 13.8 Å². The molecule has 124 valence electrons. The molecular formula is C17H20N6O. The molecular weight excluding hydrogens is 304 g/mol. The summed E-state index contributed by atoms with van der Waals surface area (Å²) in [6, 6.07) is 7.64. The summed E-state index contributed by atoms with van der Waals surface area (Å²) in [5, 5.41) is 3.31. The Balaban J connectivity index is 2.03. The first kappa shape index (κ1) is 15.9. The van der Waals surface area contributed by atoms with Gasteiger partial charge in [-0.25, -0.2) is 9.97 Å². The highest BCUT2D eigenvalue weighted by Crippen LogP contribution is 2.24. The summed E-state index contributed by atoms with van der Waals surface area (Å²) in [6.07, 6.45) is 3.28. The lowest BCUT2D eigenvalue weighted by atomic mass is 10.3. The molecule has 0 saturated carbocycles. The minimum absolute atomic E-state index is 0.574. The number of nitrogens with one attached hydrogen (secondary N) is 1. The van der Waals surface area contributed by atoms with Crippen LogP contribution in [0.3, 0.4) is 0 Å². The predicted molar refractivity (Wildman–Crippen MR) is 95.0 cm³/mol. The third-order valence-corrected chi connectivity index (χ3v) is 3.72. The Kier molecular flexibility index (Phi) is 4.69. The van der Waals surface area contributed by atoms with E-state index in [0.29, 0.717) is 22.9 Å². The fourth-order valence-corrected chi connectivity index (χ4v) is 2.40. The van der Waals surface area contributed by atoms with Gasteiger partial charge in [-0.15, -0.1) is 0 Å². The van der Waals surface area contributed by atoms with Crippen molar-refractivity contribution in [2.24, 2.45) is 0 Å². The van der Waals surface area contributed by atoms with Crippen LogP contribution in [0.2, 0.25) is 0 Å². The monoisotopic (exact) mass is 324 g/mol. The van der Waals surface area contributed by atoms with E-state index in [1.54, 1.807) is 19.5 Å². The molecule has 0 aliphatic rings. The first-order chi connectivity index (χ1) is 11.7. The number of aromatic nitrogens is 4. The van der Waals surface area contributed by atoms with Crippen LogP contribution in [-0.2, 0) is 0 Å². The van der Waals surface area contributed by atoms with Crippen molar-refractivity contribution in [3.63, 3.8) is 0 Å². The zero-order valence-corrected chi connectivity index (χ0v) is 14.0. The van der Waals surface area contributed by atoms with Gasteiger partial charge in [0, 0.05) is 31.2 Å². The van der Waals surface area contributed by atoms with Gasteiger partial charge in [-0.2, -0.15) is 9.97 Å². The van der Waals surface area contributed by atoms with Crippen molar-refractivity contribution in [3.05, 3.63) is 36.7 Å². The maximum Gasteiger partial charge on any atom is 0.229 e. The fourth-order valence-electron chi connectivity index (χ4n) is 2.40. The molecule has 0 saturated heterocycles. The molecule has 0 unspecified atom stereocenters. The molecule has 1 aromatic carbocycles. The molecule has 0 bridgehead atoms. The summed E-state index contributed by atoms with van der Waals surface area (Å²) >= 11 is 0. The minimum atomic E-state index is 0.574. The second-order valence-electron chi connectivity index (χ2n) is 5.13. The molecule has 0 radical (unpaired) electrons. The summed E-state index contributed by atoms with van der Waals surface area (Å²) in [4.78, 5) is 19.9. The van der Waals surface area contributed by atoms with Gasteiger partial charge in [-0.1, -0.05) is 0 Å². The van der Waals surface area contributed by atoms with E-state index < -0.39 is 0 Å². The number of ether oxygens (including phenoxy) is 1. The van der Waals surface area contributed by atoms with E-state index in [2.05, 4.69) is 44.0 Å². The third-order valence-electron chi connectivity index (χ3n) is 3.72. The highest BCUT2D eigenvalue weighted by Gasteiger charge is 2.13. The molecule has 0 amide bonds. The number of hydrogen-bond acceptors (Lipinski definition) is 7.